The predicted octanol–water partition coefficient (Wildman–Crippen LogP) is 6.09. The normalized spacial score (nSPS) is 18.6. The van der Waals surface area contributed by atoms with Crippen LogP contribution < -0.4 is 9.47 Å². The van der Waals surface area contributed by atoms with Gasteiger partial charge < -0.3 is 9.47 Å². The Labute approximate surface area is 161 Å². The molecule has 0 amide bonds. The average molecular weight is 356 g/mol. The molecule has 0 aromatic heterocycles. The van der Waals surface area contributed by atoms with Gasteiger partial charge in [0.2, 0.25) is 0 Å². The van der Waals surface area contributed by atoms with Gasteiger partial charge in [-0.05, 0) is 59.4 Å². The molecule has 0 fully saturated rings. The highest BCUT2D eigenvalue weighted by Gasteiger charge is 2.23. The van der Waals surface area contributed by atoms with Crippen LogP contribution in [-0.2, 0) is 0 Å². The van der Waals surface area contributed by atoms with Crippen molar-refractivity contribution in [2.24, 2.45) is 0 Å². The quantitative estimate of drug-likeness (QED) is 0.660. The Bertz CT molecular complexity index is 925. The smallest absolute Gasteiger partial charge is 0.118 e. The summed E-state index contributed by atoms with van der Waals surface area (Å²) in [4.78, 5) is 0. The molecule has 2 aliphatic carbocycles. The highest BCUT2D eigenvalue weighted by atomic mass is 16.5. The molecule has 27 heavy (non-hydrogen) atoms. The van der Waals surface area contributed by atoms with Crippen molar-refractivity contribution in [3.63, 3.8) is 0 Å². The molecular weight excluding hydrogens is 332 g/mol. The van der Waals surface area contributed by atoms with Crippen LogP contribution in [0.2, 0.25) is 0 Å². The van der Waals surface area contributed by atoms with Crippen LogP contribution in [0, 0.1) is 0 Å². The average Bonchev–Trinajstić information content (AvgIpc) is 3.08. The minimum atomic E-state index is 0.387. The molecule has 0 radical (unpaired) electrons. The number of benzene rings is 2. The summed E-state index contributed by atoms with van der Waals surface area (Å²) < 4.78 is 10.6. The summed E-state index contributed by atoms with van der Waals surface area (Å²) in [6.45, 7) is 0. The van der Waals surface area contributed by atoms with Crippen LogP contribution in [0.25, 0.3) is 5.57 Å². The van der Waals surface area contributed by atoms with E-state index in [1.54, 1.807) is 14.2 Å². The third-order valence-electron chi connectivity index (χ3n) is 5.38. The Morgan fingerprint density at radius 2 is 1.41 bits per heavy atom. The fourth-order valence-corrected chi connectivity index (χ4v) is 3.89. The molecule has 0 saturated carbocycles. The van der Waals surface area contributed by atoms with E-state index in [-0.39, 0.29) is 0 Å². The molecule has 0 unspecified atom stereocenters. The number of hydrogen-bond acceptors (Lipinski definition) is 2. The molecule has 2 aromatic carbocycles. The topological polar surface area (TPSA) is 18.5 Å². The Hall–Kier alpha value is -3.00. The molecule has 2 heteroatoms. The minimum absolute atomic E-state index is 0.387. The summed E-state index contributed by atoms with van der Waals surface area (Å²) in [6.07, 6.45) is 13.2. The fourth-order valence-electron chi connectivity index (χ4n) is 3.89. The van der Waals surface area contributed by atoms with Crippen LogP contribution in [0.15, 0.2) is 90.1 Å². The predicted molar refractivity (Wildman–Crippen MR) is 111 cm³/mol. The maximum Gasteiger partial charge on any atom is 0.118 e. The van der Waals surface area contributed by atoms with Crippen molar-refractivity contribution < 1.29 is 9.47 Å². The molecular formula is C25H24O2. The van der Waals surface area contributed by atoms with Gasteiger partial charge >= 0.3 is 0 Å². The summed E-state index contributed by atoms with van der Waals surface area (Å²) in [7, 11) is 3.41. The molecule has 2 nitrogen and oxygen atoms in total. The second kappa shape index (κ2) is 7.71. The van der Waals surface area contributed by atoms with Gasteiger partial charge in [0, 0.05) is 5.92 Å². The van der Waals surface area contributed by atoms with Crippen LogP contribution in [0.3, 0.4) is 0 Å². The number of methoxy groups -OCH3 is 2. The maximum atomic E-state index is 5.32. The minimum Gasteiger partial charge on any atom is -0.497 e. The molecule has 0 saturated heterocycles. The maximum absolute atomic E-state index is 5.32. The van der Waals surface area contributed by atoms with E-state index in [1.165, 1.54) is 27.8 Å². The molecule has 1 atom stereocenters. The Kier molecular flexibility index (Phi) is 4.97. The van der Waals surface area contributed by atoms with Crippen molar-refractivity contribution >= 4 is 5.57 Å². The van der Waals surface area contributed by atoms with E-state index in [0.717, 1.165) is 24.3 Å². The van der Waals surface area contributed by atoms with Crippen LogP contribution in [0.1, 0.15) is 29.9 Å². The number of hydrogen-bond donors (Lipinski definition) is 0. The van der Waals surface area contributed by atoms with Crippen molar-refractivity contribution in [2.75, 3.05) is 14.2 Å². The summed E-state index contributed by atoms with van der Waals surface area (Å²) in [5, 5.41) is 0. The Balaban J connectivity index is 1.72. The zero-order valence-electron chi connectivity index (χ0n) is 15.8. The van der Waals surface area contributed by atoms with E-state index in [2.05, 4.69) is 66.8 Å². The standard InChI is InChI=1S/C25H24O2/c1-26-22-11-7-18(8-12-22)24-15-16-25(19-9-13-23(27-2)14-10-19)21-6-4-3-5-20(24)17-21/h3-15,25H,16-17H2,1-2H3/t25-/m1/s1. The largest absolute Gasteiger partial charge is 0.497 e. The fraction of sp³-hybridized carbons (Fsp3) is 0.200. The van der Waals surface area contributed by atoms with Crippen molar-refractivity contribution in [1.82, 2.24) is 0 Å². The second-order valence-corrected chi connectivity index (χ2v) is 6.90. The van der Waals surface area contributed by atoms with E-state index < -0.39 is 0 Å². The lowest BCUT2D eigenvalue weighted by Gasteiger charge is -2.18. The van der Waals surface area contributed by atoms with Gasteiger partial charge in [0.25, 0.3) is 0 Å². The van der Waals surface area contributed by atoms with E-state index in [9.17, 15) is 0 Å². The molecule has 0 heterocycles. The molecule has 136 valence electrons. The Morgan fingerprint density at radius 1 is 0.778 bits per heavy atom. The summed E-state index contributed by atoms with van der Waals surface area (Å²) in [5.74, 6) is 2.18. The summed E-state index contributed by atoms with van der Waals surface area (Å²) in [5.41, 5.74) is 6.73. The number of rotatable bonds is 4. The first-order valence-electron chi connectivity index (χ1n) is 9.33. The number of ether oxygens (including phenoxy) is 2. The third kappa shape index (κ3) is 3.61. The molecule has 2 aromatic rings. The van der Waals surface area contributed by atoms with Crippen LogP contribution in [-0.4, -0.2) is 14.2 Å². The van der Waals surface area contributed by atoms with E-state index in [0.29, 0.717) is 5.92 Å². The molecule has 0 aliphatic heterocycles. The lowest BCUT2D eigenvalue weighted by Crippen LogP contribution is -2.01. The lowest BCUT2D eigenvalue weighted by molar-refractivity contribution is 0.414. The van der Waals surface area contributed by atoms with Crippen molar-refractivity contribution in [3.8, 4) is 11.5 Å². The van der Waals surface area contributed by atoms with Crippen molar-refractivity contribution in [2.45, 2.75) is 18.8 Å². The van der Waals surface area contributed by atoms with E-state index in [4.69, 9.17) is 9.47 Å². The van der Waals surface area contributed by atoms with Gasteiger partial charge in [-0.25, -0.2) is 0 Å². The molecule has 2 bridgehead atoms. The summed E-state index contributed by atoms with van der Waals surface area (Å²) in [6, 6.07) is 16.9. The molecule has 0 N–H and O–H groups in total. The van der Waals surface area contributed by atoms with Gasteiger partial charge in [-0.1, -0.05) is 60.2 Å². The highest BCUT2D eigenvalue weighted by molar-refractivity contribution is 5.81. The van der Waals surface area contributed by atoms with Gasteiger partial charge in [-0.15, -0.1) is 0 Å². The first kappa shape index (κ1) is 17.4. The van der Waals surface area contributed by atoms with E-state index >= 15 is 0 Å². The van der Waals surface area contributed by atoms with Gasteiger partial charge in [0.15, 0.2) is 0 Å². The summed E-state index contributed by atoms with van der Waals surface area (Å²) >= 11 is 0. The zero-order chi connectivity index (χ0) is 18.6. The van der Waals surface area contributed by atoms with E-state index in [1.807, 2.05) is 12.1 Å². The molecule has 4 rings (SSSR count). The second-order valence-electron chi connectivity index (χ2n) is 6.90. The van der Waals surface area contributed by atoms with Crippen LogP contribution in [0.5, 0.6) is 11.5 Å². The lowest BCUT2D eigenvalue weighted by atomic mass is 9.86. The van der Waals surface area contributed by atoms with Crippen molar-refractivity contribution in [1.29, 1.82) is 0 Å². The van der Waals surface area contributed by atoms with Gasteiger partial charge in [-0.2, -0.15) is 0 Å². The molecule has 0 spiro atoms. The van der Waals surface area contributed by atoms with Gasteiger partial charge in [-0.3, -0.25) is 0 Å². The number of allylic oxidation sites excluding steroid dienone is 8. The first-order chi connectivity index (χ1) is 13.3. The monoisotopic (exact) mass is 356 g/mol. The zero-order valence-corrected chi connectivity index (χ0v) is 15.8. The SMILES string of the molecule is COc1ccc(C2=CC[C@H](c3ccc(OC)cc3)C3=CC=CC=C2C3)cc1. The van der Waals surface area contributed by atoms with Crippen LogP contribution in [0.4, 0.5) is 0 Å². The third-order valence-corrected chi connectivity index (χ3v) is 5.38. The highest BCUT2D eigenvalue weighted by Crippen LogP contribution is 2.42. The number of fused-ring (bicyclic) bond motifs is 2. The Morgan fingerprint density at radius 3 is 2.07 bits per heavy atom. The van der Waals surface area contributed by atoms with Crippen molar-refractivity contribution in [3.05, 3.63) is 101 Å². The van der Waals surface area contributed by atoms with Gasteiger partial charge in [0.1, 0.15) is 11.5 Å². The first-order valence-corrected chi connectivity index (χ1v) is 9.33. The van der Waals surface area contributed by atoms with Crippen LogP contribution >= 0.6 is 0 Å². The van der Waals surface area contributed by atoms with Gasteiger partial charge in [0.05, 0.1) is 14.2 Å². The molecule has 2 aliphatic rings.